The number of carbonyl (C=O) groups is 1. The van der Waals surface area contributed by atoms with Crippen LogP contribution in [0, 0.1) is 0 Å². The molecule has 0 amide bonds. The van der Waals surface area contributed by atoms with Crippen LogP contribution in [-0.4, -0.2) is 39.7 Å². The van der Waals surface area contributed by atoms with Crippen molar-refractivity contribution in [3.8, 4) is 0 Å². The van der Waals surface area contributed by atoms with Gasteiger partial charge in [0.25, 0.3) is 0 Å². The Morgan fingerprint density at radius 3 is 2.85 bits per heavy atom. The third-order valence-electron chi connectivity index (χ3n) is 4.38. The summed E-state index contributed by atoms with van der Waals surface area (Å²) in [6.45, 7) is 0.970. The molecule has 0 aromatic carbocycles. The van der Waals surface area contributed by atoms with E-state index in [9.17, 15) is 9.90 Å². The van der Waals surface area contributed by atoms with Crippen LogP contribution in [0.5, 0.6) is 0 Å². The molecule has 1 aromatic rings. The van der Waals surface area contributed by atoms with Gasteiger partial charge in [0.2, 0.25) is 0 Å². The summed E-state index contributed by atoms with van der Waals surface area (Å²) >= 11 is 0. The summed E-state index contributed by atoms with van der Waals surface area (Å²) in [5.41, 5.74) is 7.12. The molecule has 108 valence electrons. The summed E-state index contributed by atoms with van der Waals surface area (Å²) in [6, 6.07) is 0. The highest BCUT2D eigenvalue weighted by Gasteiger charge is 2.42. The second kappa shape index (κ2) is 5.01. The third-order valence-corrected chi connectivity index (χ3v) is 4.38. The number of nitrogens with zero attached hydrogens (tertiary/aromatic N) is 3. The zero-order valence-electron chi connectivity index (χ0n) is 11.5. The summed E-state index contributed by atoms with van der Waals surface area (Å²) in [6.07, 6.45) is 7.55. The summed E-state index contributed by atoms with van der Waals surface area (Å²) < 4.78 is 0. The summed E-state index contributed by atoms with van der Waals surface area (Å²) in [4.78, 5) is 22.1. The van der Waals surface area contributed by atoms with Gasteiger partial charge in [-0.15, -0.1) is 0 Å². The van der Waals surface area contributed by atoms with E-state index < -0.39 is 11.5 Å². The Kier molecular flexibility index (Phi) is 3.33. The standard InChI is InChI=1S/C14H20N4O2/c15-14(13(19)20)6-7-18(8-14)12-10-4-2-1-3-5-11(10)16-9-17-12/h9H,1-8,15H2,(H,19,20). The monoisotopic (exact) mass is 276 g/mol. The van der Waals surface area contributed by atoms with Gasteiger partial charge in [-0.25, -0.2) is 9.97 Å². The Morgan fingerprint density at radius 1 is 1.30 bits per heavy atom. The molecule has 6 heteroatoms. The molecule has 3 rings (SSSR count). The minimum Gasteiger partial charge on any atom is -0.480 e. The molecule has 0 spiro atoms. The van der Waals surface area contributed by atoms with Crippen LogP contribution in [0.4, 0.5) is 5.82 Å². The summed E-state index contributed by atoms with van der Waals surface area (Å²) in [7, 11) is 0. The van der Waals surface area contributed by atoms with E-state index >= 15 is 0 Å². The molecule has 6 nitrogen and oxygen atoms in total. The van der Waals surface area contributed by atoms with Crippen molar-refractivity contribution in [2.24, 2.45) is 5.73 Å². The highest BCUT2D eigenvalue weighted by molar-refractivity contribution is 5.80. The zero-order chi connectivity index (χ0) is 14.2. The van der Waals surface area contributed by atoms with Gasteiger partial charge < -0.3 is 15.7 Å². The molecule has 1 aliphatic carbocycles. The van der Waals surface area contributed by atoms with Crippen molar-refractivity contribution in [3.63, 3.8) is 0 Å². The van der Waals surface area contributed by atoms with Gasteiger partial charge in [-0.05, 0) is 32.1 Å². The van der Waals surface area contributed by atoms with Crippen molar-refractivity contribution in [3.05, 3.63) is 17.6 Å². The second-order valence-electron chi connectivity index (χ2n) is 5.82. The minimum absolute atomic E-state index is 0.325. The number of nitrogens with two attached hydrogens (primary N) is 1. The smallest absolute Gasteiger partial charge is 0.325 e. The number of carboxylic acid groups (broad SMARTS) is 1. The lowest BCUT2D eigenvalue weighted by Crippen LogP contribution is -2.50. The maximum atomic E-state index is 11.3. The lowest BCUT2D eigenvalue weighted by molar-refractivity contribution is -0.142. The molecule has 3 N–H and O–H groups in total. The van der Waals surface area contributed by atoms with Crippen LogP contribution in [0.3, 0.4) is 0 Å². The minimum atomic E-state index is -1.15. The van der Waals surface area contributed by atoms with Gasteiger partial charge in [-0.2, -0.15) is 0 Å². The number of fused-ring (bicyclic) bond motifs is 1. The fourth-order valence-corrected chi connectivity index (χ4v) is 3.14. The van der Waals surface area contributed by atoms with Crippen LogP contribution in [-0.2, 0) is 17.6 Å². The lowest BCUT2D eigenvalue weighted by Gasteiger charge is -2.23. The van der Waals surface area contributed by atoms with E-state index in [2.05, 4.69) is 9.97 Å². The fraction of sp³-hybridized carbons (Fsp3) is 0.643. The number of carboxylic acids is 1. The Hall–Kier alpha value is -1.69. The molecule has 1 aliphatic heterocycles. The average molecular weight is 276 g/mol. The second-order valence-corrected chi connectivity index (χ2v) is 5.82. The molecule has 2 aliphatic rings. The maximum absolute atomic E-state index is 11.3. The van der Waals surface area contributed by atoms with Crippen molar-refractivity contribution in [1.82, 2.24) is 9.97 Å². The Balaban J connectivity index is 1.90. The van der Waals surface area contributed by atoms with Gasteiger partial charge in [-0.1, -0.05) is 6.42 Å². The number of anilines is 1. The van der Waals surface area contributed by atoms with Gasteiger partial charge >= 0.3 is 5.97 Å². The highest BCUT2D eigenvalue weighted by atomic mass is 16.4. The van der Waals surface area contributed by atoms with Crippen molar-refractivity contribution < 1.29 is 9.90 Å². The number of hydrogen-bond acceptors (Lipinski definition) is 5. The Morgan fingerprint density at radius 2 is 2.10 bits per heavy atom. The van der Waals surface area contributed by atoms with E-state index in [0.717, 1.165) is 30.8 Å². The molecule has 0 saturated carbocycles. The van der Waals surface area contributed by atoms with Crippen LogP contribution < -0.4 is 10.6 Å². The van der Waals surface area contributed by atoms with Crippen LogP contribution in [0.1, 0.15) is 36.9 Å². The maximum Gasteiger partial charge on any atom is 0.325 e. The van der Waals surface area contributed by atoms with E-state index in [1.54, 1.807) is 6.33 Å². The normalized spacial score (nSPS) is 26.1. The molecule has 1 unspecified atom stereocenters. The number of aryl methyl sites for hydroxylation is 1. The predicted octanol–water partition coefficient (Wildman–Crippen LogP) is 0.738. The van der Waals surface area contributed by atoms with E-state index in [1.807, 2.05) is 4.90 Å². The first-order chi connectivity index (χ1) is 9.60. The molecule has 1 atom stereocenters. The fourth-order valence-electron chi connectivity index (χ4n) is 3.14. The molecule has 1 aromatic heterocycles. The summed E-state index contributed by atoms with van der Waals surface area (Å²) in [5, 5.41) is 9.24. The quantitative estimate of drug-likeness (QED) is 0.774. The van der Waals surface area contributed by atoms with E-state index in [0.29, 0.717) is 19.5 Å². The van der Waals surface area contributed by atoms with Gasteiger partial charge in [0.1, 0.15) is 17.7 Å². The van der Waals surface area contributed by atoms with Crippen molar-refractivity contribution in [2.75, 3.05) is 18.0 Å². The van der Waals surface area contributed by atoms with E-state index in [-0.39, 0.29) is 0 Å². The molecule has 2 heterocycles. The first kappa shape index (κ1) is 13.3. The third kappa shape index (κ3) is 2.24. The van der Waals surface area contributed by atoms with Gasteiger partial charge in [0.15, 0.2) is 0 Å². The predicted molar refractivity (Wildman–Crippen MR) is 74.7 cm³/mol. The van der Waals surface area contributed by atoms with Gasteiger partial charge in [-0.3, -0.25) is 4.79 Å². The zero-order valence-corrected chi connectivity index (χ0v) is 11.5. The molecular formula is C14H20N4O2. The molecule has 1 fully saturated rings. The van der Waals surface area contributed by atoms with Crippen LogP contribution in [0.25, 0.3) is 0 Å². The summed E-state index contributed by atoms with van der Waals surface area (Å²) in [5.74, 6) is -0.0365. The van der Waals surface area contributed by atoms with Crippen molar-refractivity contribution in [2.45, 2.75) is 44.1 Å². The van der Waals surface area contributed by atoms with Crippen LogP contribution in [0.2, 0.25) is 0 Å². The highest BCUT2D eigenvalue weighted by Crippen LogP contribution is 2.30. The number of hydrogen-bond donors (Lipinski definition) is 2. The first-order valence-corrected chi connectivity index (χ1v) is 7.20. The molecular weight excluding hydrogens is 256 g/mol. The van der Waals surface area contributed by atoms with E-state index in [1.165, 1.54) is 18.4 Å². The SMILES string of the molecule is NC1(C(=O)O)CCN(c2ncnc3c2CCCCC3)C1. The van der Waals surface area contributed by atoms with Crippen molar-refractivity contribution in [1.29, 1.82) is 0 Å². The lowest BCUT2D eigenvalue weighted by atomic mass is 10.0. The molecule has 20 heavy (non-hydrogen) atoms. The Labute approximate surface area is 118 Å². The van der Waals surface area contributed by atoms with Gasteiger partial charge in [0, 0.05) is 24.3 Å². The molecule has 1 saturated heterocycles. The topological polar surface area (TPSA) is 92.3 Å². The van der Waals surface area contributed by atoms with Crippen LogP contribution in [0.15, 0.2) is 6.33 Å². The Bertz CT molecular complexity index is 534. The average Bonchev–Trinajstić information content (AvgIpc) is 2.69. The van der Waals surface area contributed by atoms with E-state index in [4.69, 9.17) is 5.73 Å². The van der Waals surface area contributed by atoms with Gasteiger partial charge in [0.05, 0.1) is 0 Å². The first-order valence-electron chi connectivity index (χ1n) is 7.20. The largest absolute Gasteiger partial charge is 0.480 e. The molecule has 0 radical (unpaired) electrons. The number of aromatic nitrogens is 2. The number of aliphatic carboxylic acids is 1. The number of rotatable bonds is 2. The van der Waals surface area contributed by atoms with Crippen LogP contribution >= 0.6 is 0 Å². The molecule has 0 bridgehead atoms. The van der Waals surface area contributed by atoms with Crippen molar-refractivity contribution >= 4 is 11.8 Å².